The van der Waals surface area contributed by atoms with Crippen LogP contribution in [0.5, 0.6) is 17.2 Å². The molecule has 0 fully saturated rings. The Morgan fingerprint density at radius 3 is 1.76 bits per heavy atom. The standard InChI is InChI=1S/C16H17NO4/c1-19-13-8-12(9-14(20-2)15(13)21-3)10-4-6-11(7-5-10)16(17)18/h4-9H,1-3H3,(H2,17,18). The van der Waals surface area contributed by atoms with Crippen molar-refractivity contribution in [2.75, 3.05) is 21.3 Å². The molecule has 0 aliphatic heterocycles. The van der Waals surface area contributed by atoms with Crippen LogP contribution in [-0.2, 0) is 0 Å². The van der Waals surface area contributed by atoms with Gasteiger partial charge in [-0.05, 0) is 35.4 Å². The second kappa shape index (κ2) is 6.17. The highest BCUT2D eigenvalue weighted by atomic mass is 16.5. The minimum Gasteiger partial charge on any atom is -0.493 e. The molecule has 0 aliphatic carbocycles. The van der Waals surface area contributed by atoms with Gasteiger partial charge in [-0.1, -0.05) is 12.1 Å². The molecule has 0 aromatic heterocycles. The summed E-state index contributed by atoms with van der Waals surface area (Å²) in [6, 6.07) is 10.7. The van der Waals surface area contributed by atoms with Crippen molar-refractivity contribution in [1.82, 2.24) is 0 Å². The lowest BCUT2D eigenvalue weighted by Gasteiger charge is -2.14. The second-order valence-electron chi connectivity index (χ2n) is 4.36. The molecule has 110 valence electrons. The number of nitrogens with two attached hydrogens (primary N) is 1. The Labute approximate surface area is 123 Å². The number of carbonyl (C=O) groups excluding carboxylic acids is 1. The normalized spacial score (nSPS) is 10.0. The number of benzene rings is 2. The van der Waals surface area contributed by atoms with Gasteiger partial charge in [0.2, 0.25) is 11.7 Å². The summed E-state index contributed by atoms with van der Waals surface area (Å²) in [5.74, 6) is 1.24. The maximum atomic E-state index is 11.1. The van der Waals surface area contributed by atoms with E-state index in [-0.39, 0.29) is 0 Å². The van der Waals surface area contributed by atoms with Gasteiger partial charge in [-0.3, -0.25) is 4.79 Å². The zero-order chi connectivity index (χ0) is 15.4. The molecule has 0 saturated heterocycles. The largest absolute Gasteiger partial charge is 0.493 e. The van der Waals surface area contributed by atoms with Gasteiger partial charge in [0, 0.05) is 5.56 Å². The van der Waals surface area contributed by atoms with Gasteiger partial charge in [-0.15, -0.1) is 0 Å². The molecule has 0 radical (unpaired) electrons. The number of amides is 1. The van der Waals surface area contributed by atoms with Crippen LogP contribution < -0.4 is 19.9 Å². The van der Waals surface area contributed by atoms with E-state index >= 15 is 0 Å². The van der Waals surface area contributed by atoms with Gasteiger partial charge >= 0.3 is 0 Å². The molecular weight excluding hydrogens is 270 g/mol. The van der Waals surface area contributed by atoms with Crippen LogP contribution in [0.3, 0.4) is 0 Å². The van der Waals surface area contributed by atoms with E-state index in [9.17, 15) is 4.79 Å². The molecule has 0 atom stereocenters. The van der Waals surface area contributed by atoms with Gasteiger partial charge < -0.3 is 19.9 Å². The van der Waals surface area contributed by atoms with Crippen molar-refractivity contribution in [3.63, 3.8) is 0 Å². The quantitative estimate of drug-likeness (QED) is 0.917. The molecule has 2 N–H and O–H groups in total. The molecule has 0 saturated carbocycles. The Kier molecular flexibility index (Phi) is 4.33. The minimum atomic E-state index is -0.452. The molecule has 5 heteroatoms. The van der Waals surface area contributed by atoms with Gasteiger partial charge in [0.05, 0.1) is 21.3 Å². The number of ether oxygens (including phenoxy) is 3. The van der Waals surface area contributed by atoms with Gasteiger partial charge in [0.15, 0.2) is 11.5 Å². The van der Waals surface area contributed by atoms with Gasteiger partial charge in [0.25, 0.3) is 0 Å². The fraction of sp³-hybridized carbons (Fsp3) is 0.188. The summed E-state index contributed by atoms with van der Waals surface area (Å²) >= 11 is 0. The second-order valence-corrected chi connectivity index (χ2v) is 4.36. The van der Waals surface area contributed by atoms with Crippen LogP contribution in [0.4, 0.5) is 0 Å². The average molecular weight is 287 g/mol. The molecule has 2 rings (SSSR count). The first kappa shape index (κ1) is 14.7. The van der Waals surface area contributed by atoms with Crippen LogP contribution >= 0.6 is 0 Å². The smallest absolute Gasteiger partial charge is 0.248 e. The Bertz CT molecular complexity index is 625. The summed E-state index contributed by atoms with van der Waals surface area (Å²) in [6.07, 6.45) is 0. The molecule has 21 heavy (non-hydrogen) atoms. The van der Waals surface area contributed by atoms with Crippen molar-refractivity contribution < 1.29 is 19.0 Å². The molecule has 0 heterocycles. The van der Waals surface area contributed by atoms with Crippen LogP contribution in [0.15, 0.2) is 36.4 Å². The lowest BCUT2D eigenvalue weighted by molar-refractivity contribution is 0.100. The predicted octanol–water partition coefficient (Wildman–Crippen LogP) is 2.48. The van der Waals surface area contributed by atoms with E-state index in [0.717, 1.165) is 11.1 Å². The number of rotatable bonds is 5. The van der Waals surface area contributed by atoms with Crippen molar-refractivity contribution in [3.8, 4) is 28.4 Å². The predicted molar refractivity (Wildman–Crippen MR) is 80.1 cm³/mol. The van der Waals surface area contributed by atoms with E-state index in [2.05, 4.69) is 0 Å². The number of carbonyl (C=O) groups is 1. The fourth-order valence-corrected chi connectivity index (χ4v) is 2.07. The molecule has 2 aromatic carbocycles. The summed E-state index contributed by atoms with van der Waals surface area (Å²) in [7, 11) is 4.69. The first-order chi connectivity index (χ1) is 10.1. The molecule has 5 nitrogen and oxygen atoms in total. The summed E-state index contributed by atoms with van der Waals surface area (Å²) in [4.78, 5) is 11.1. The highest BCUT2D eigenvalue weighted by Gasteiger charge is 2.14. The average Bonchev–Trinajstić information content (AvgIpc) is 2.53. The lowest BCUT2D eigenvalue weighted by Crippen LogP contribution is -2.10. The lowest BCUT2D eigenvalue weighted by atomic mass is 10.0. The van der Waals surface area contributed by atoms with Crippen LogP contribution in [-0.4, -0.2) is 27.2 Å². The van der Waals surface area contributed by atoms with E-state index < -0.39 is 5.91 Å². The van der Waals surface area contributed by atoms with Crippen molar-refractivity contribution in [2.45, 2.75) is 0 Å². The van der Waals surface area contributed by atoms with E-state index in [0.29, 0.717) is 22.8 Å². The van der Waals surface area contributed by atoms with Crippen LogP contribution in [0.25, 0.3) is 11.1 Å². The van der Waals surface area contributed by atoms with Crippen LogP contribution in [0, 0.1) is 0 Å². The zero-order valence-electron chi connectivity index (χ0n) is 12.2. The maximum Gasteiger partial charge on any atom is 0.248 e. The number of methoxy groups -OCH3 is 3. The molecule has 0 bridgehead atoms. The molecule has 0 unspecified atom stereocenters. The first-order valence-electron chi connectivity index (χ1n) is 6.31. The van der Waals surface area contributed by atoms with Crippen molar-refractivity contribution in [1.29, 1.82) is 0 Å². The fourth-order valence-electron chi connectivity index (χ4n) is 2.07. The van der Waals surface area contributed by atoms with E-state index in [1.807, 2.05) is 24.3 Å². The Hall–Kier alpha value is -2.69. The molecule has 0 aliphatic rings. The summed E-state index contributed by atoms with van der Waals surface area (Å²) in [5.41, 5.74) is 7.51. The van der Waals surface area contributed by atoms with E-state index in [1.165, 1.54) is 0 Å². The van der Waals surface area contributed by atoms with Crippen LogP contribution in [0.2, 0.25) is 0 Å². The molecule has 2 aromatic rings. The van der Waals surface area contributed by atoms with Gasteiger partial charge in [-0.25, -0.2) is 0 Å². The summed E-state index contributed by atoms with van der Waals surface area (Å²) in [5, 5.41) is 0. The van der Waals surface area contributed by atoms with Crippen molar-refractivity contribution >= 4 is 5.91 Å². The van der Waals surface area contributed by atoms with Crippen molar-refractivity contribution in [2.24, 2.45) is 5.73 Å². The van der Waals surface area contributed by atoms with Crippen LogP contribution in [0.1, 0.15) is 10.4 Å². The summed E-state index contributed by atoms with van der Waals surface area (Å²) in [6.45, 7) is 0. The number of primary amides is 1. The number of hydrogen-bond acceptors (Lipinski definition) is 4. The third kappa shape index (κ3) is 2.91. The molecular formula is C16H17NO4. The number of hydrogen-bond donors (Lipinski definition) is 1. The topological polar surface area (TPSA) is 70.8 Å². The highest BCUT2D eigenvalue weighted by molar-refractivity contribution is 5.93. The first-order valence-corrected chi connectivity index (χ1v) is 6.31. The third-order valence-electron chi connectivity index (χ3n) is 3.17. The Morgan fingerprint density at radius 1 is 0.857 bits per heavy atom. The van der Waals surface area contributed by atoms with E-state index in [1.54, 1.807) is 33.5 Å². The van der Waals surface area contributed by atoms with E-state index in [4.69, 9.17) is 19.9 Å². The SMILES string of the molecule is COc1cc(-c2ccc(C(N)=O)cc2)cc(OC)c1OC. The van der Waals surface area contributed by atoms with Crippen molar-refractivity contribution in [3.05, 3.63) is 42.0 Å². The Morgan fingerprint density at radius 2 is 1.38 bits per heavy atom. The maximum absolute atomic E-state index is 11.1. The third-order valence-corrected chi connectivity index (χ3v) is 3.17. The van der Waals surface area contributed by atoms with Gasteiger partial charge in [0.1, 0.15) is 0 Å². The molecule has 1 amide bonds. The zero-order valence-corrected chi connectivity index (χ0v) is 12.2. The Balaban J connectivity index is 2.50. The monoisotopic (exact) mass is 287 g/mol. The van der Waals surface area contributed by atoms with Gasteiger partial charge in [-0.2, -0.15) is 0 Å². The molecule has 0 spiro atoms. The highest BCUT2D eigenvalue weighted by Crippen LogP contribution is 2.41. The summed E-state index contributed by atoms with van der Waals surface area (Å²) < 4.78 is 15.9. The minimum absolute atomic E-state index is 0.452.